The zero-order chi connectivity index (χ0) is 25.2. The van der Waals surface area contributed by atoms with Crippen LogP contribution < -0.4 is 20.1 Å². The van der Waals surface area contributed by atoms with Crippen LogP contribution in [-0.2, 0) is 9.59 Å². The Labute approximate surface area is 206 Å². The van der Waals surface area contributed by atoms with E-state index in [2.05, 4.69) is 10.6 Å². The fourth-order valence-corrected chi connectivity index (χ4v) is 3.15. The number of benzene rings is 3. The molecule has 178 valence electrons. The Bertz CT molecular complexity index is 1290. The number of carbonyl (C=O) groups excluding carboxylic acids is 2. The number of amides is 2. The normalized spacial score (nSPS) is 10.7. The van der Waals surface area contributed by atoms with Crippen molar-refractivity contribution in [2.75, 3.05) is 23.8 Å². The Hall–Kier alpha value is -4.35. The number of carbonyl (C=O) groups is 2. The number of hydrogen-bond acceptors (Lipinski definition) is 5. The summed E-state index contributed by atoms with van der Waals surface area (Å²) >= 11 is 5.93. The minimum Gasteiger partial charge on any atom is -0.490 e. The fraction of sp³-hybridized carbons (Fsp3) is 0.115. The number of anilines is 2. The number of nitriles is 1. The molecule has 0 saturated heterocycles. The second kappa shape index (κ2) is 12.2. The van der Waals surface area contributed by atoms with Gasteiger partial charge in [-0.1, -0.05) is 23.7 Å². The summed E-state index contributed by atoms with van der Waals surface area (Å²) in [6.45, 7) is 1.80. The Morgan fingerprint density at radius 3 is 2.46 bits per heavy atom. The van der Waals surface area contributed by atoms with E-state index in [1.165, 1.54) is 30.3 Å². The summed E-state index contributed by atoms with van der Waals surface area (Å²) in [4.78, 5) is 24.7. The number of nitrogens with zero attached hydrogens (tertiary/aromatic N) is 1. The maximum absolute atomic E-state index is 13.0. The zero-order valence-corrected chi connectivity index (χ0v) is 19.4. The standard InChI is InChI=1S/C26H21ClFN3O4/c1-2-34-24-13-17(12-18(15-29)26(33)31-22-5-3-4-19(27)14-22)6-11-23(24)35-16-25(32)30-21-9-7-20(28)8-10-21/h3-14H,2,16H2,1H3,(H,30,32)(H,31,33). The van der Waals surface area contributed by atoms with Crippen molar-refractivity contribution in [2.24, 2.45) is 0 Å². The van der Waals surface area contributed by atoms with Crippen molar-refractivity contribution in [1.82, 2.24) is 0 Å². The van der Waals surface area contributed by atoms with Gasteiger partial charge in [-0.15, -0.1) is 0 Å². The first kappa shape index (κ1) is 25.3. The molecular weight excluding hydrogens is 473 g/mol. The SMILES string of the molecule is CCOc1cc(C=C(C#N)C(=O)Nc2cccc(Cl)c2)ccc1OCC(=O)Nc1ccc(F)cc1. The number of ether oxygens (including phenoxy) is 2. The molecule has 0 heterocycles. The van der Waals surface area contributed by atoms with Gasteiger partial charge >= 0.3 is 0 Å². The molecule has 0 radical (unpaired) electrons. The van der Waals surface area contributed by atoms with Crippen molar-refractivity contribution in [1.29, 1.82) is 5.26 Å². The summed E-state index contributed by atoms with van der Waals surface area (Å²) in [6.07, 6.45) is 1.41. The molecule has 0 atom stereocenters. The molecule has 0 spiro atoms. The maximum atomic E-state index is 13.0. The summed E-state index contributed by atoms with van der Waals surface area (Å²) in [5.41, 5.74) is 1.29. The number of hydrogen-bond donors (Lipinski definition) is 2. The molecule has 9 heteroatoms. The minimum absolute atomic E-state index is 0.125. The van der Waals surface area contributed by atoms with E-state index in [0.717, 1.165) is 0 Å². The van der Waals surface area contributed by atoms with E-state index < -0.39 is 17.6 Å². The van der Waals surface area contributed by atoms with E-state index in [-0.39, 0.29) is 12.2 Å². The second-order valence-corrected chi connectivity index (χ2v) is 7.55. The van der Waals surface area contributed by atoms with E-state index in [0.29, 0.717) is 40.1 Å². The highest BCUT2D eigenvalue weighted by atomic mass is 35.5. The molecule has 0 aromatic heterocycles. The van der Waals surface area contributed by atoms with E-state index >= 15 is 0 Å². The van der Waals surface area contributed by atoms with E-state index in [9.17, 15) is 19.2 Å². The molecule has 0 unspecified atom stereocenters. The van der Waals surface area contributed by atoms with Gasteiger partial charge in [0.05, 0.1) is 6.61 Å². The smallest absolute Gasteiger partial charge is 0.266 e. The third-order valence-corrected chi connectivity index (χ3v) is 4.75. The Balaban J connectivity index is 1.70. The van der Waals surface area contributed by atoms with Crippen LogP contribution in [0.3, 0.4) is 0 Å². The molecule has 0 aliphatic heterocycles. The van der Waals surface area contributed by atoms with Crippen molar-refractivity contribution in [3.05, 3.63) is 88.7 Å². The van der Waals surface area contributed by atoms with Gasteiger partial charge in [-0.25, -0.2) is 4.39 Å². The molecule has 2 amide bonds. The molecular formula is C26H21ClFN3O4. The zero-order valence-electron chi connectivity index (χ0n) is 18.7. The van der Waals surface area contributed by atoms with Crippen molar-refractivity contribution in [3.8, 4) is 17.6 Å². The molecule has 0 fully saturated rings. The summed E-state index contributed by atoms with van der Waals surface area (Å²) in [7, 11) is 0. The quantitative estimate of drug-likeness (QED) is 0.305. The van der Waals surface area contributed by atoms with Gasteiger partial charge in [-0.2, -0.15) is 5.26 Å². The van der Waals surface area contributed by atoms with Crippen molar-refractivity contribution < 1.29 is 23.5 Å². The molecule has 7 nitrogen and oxygen atoms in total. The number of nitrogens with one attached hydrogen (secondary N) is 2. The molecule has 3 rings (SSSR count). The van der Waals surface area contributed by atoms with Crippen molar-refractivity contribution in [3.63, 3.8) is 0 Å². The average Bonchev–Trinajstić information content (AvgIpc) is 2.83. The van der Waals surface area contributed by atoms with Crippen LogP contribution in [0.1, 0.15) is 12.5 Å². The molecule has 0 aliphatic rings. The molecule has 35 heavy (non-hydrogen) atoms. The average molecular weight is 494 g/mol. The van der Waals surface area contributed by atoms with E-state index in [1.54, 1.807) is 49.4 Å². The van der Waals surface area contributed by atoms with Crippen LogP contribution in [0.5, 0.6) is 11.5 Å². The predicted octanol–water partition coefficient (Wildman–Crippen LogP) is 5.44. The van der Waals surface area contributed by atoms with Gasteiger partial charge in [0.15, 0.2) is 18.1 Å². The Morgan fingerprint density at radius 2 is 1.77 bits per heavy atom. The summed E-state index contributed by atoms with van der Waals surface area (Å²) in [5.74, 6) is -0.794. The fourth-order valence-electron chi connectivity index (χ4n) is 2.96. The minimum atomic E-state index is -0.592. The molecule has 2 N–H and O–H groups in total. The van der Waals surface area contributed by atoms with Gasteiger partial charge in [0.25, 0.3) is 11.8 Å². The highest BCUT2D eigenvalue weighted by molar-refractivity contribution is 6.31. The summed E-state index contributed by atoms with van der Waals surface area (Å²) < 4.78 is 24.2. The van der Waals surface area contributed by atoms with Crippen LogP contribution in [0, 0.1) is 17.1 Å². The first-order valence-corrected chi connectivity index (χ1v) is 10.9. The predicted molar refractivity (Wildman–Crippen MR) is 132 cm³/mol. The maximum Gasteiger partial charge on any atom is 0.266 e. The van der Waals surface area contributed by atoms with Crippen molar-refractivity contribution >= 4 is 40.9 Å². The second-order valence-electron chi connectivity index (χ2n) is 7.12. The lowest BCUT2D eigenvalue weighted by atomic mass is 10.1. The third-order valence-electron chi connectivity index (χ3n) is 4.51. The van der Waals surface area contributed by atoms with Gasteiger partial charge in [0.2, 0.25) is 0 Å². The van der Waals surface area contributed by atoms with Crippen LogP contribution in [0.4, 0.5) is 15.8 Å². The molecule has 0 bridgehead atoms. The summed E-state index contributed by atoms with van der Waals surface area (Å²) in [5, 5.41) is 15.2. The van der Waals surface area contributed by atoms with Gasteiger partial charge in [0.1, 0.15) is 17.5 Å². The number of halogens is 2. The Kier molecular flexibility index (Phi) is 8.82. The van der Waals surface area contributed by atoms with Crippen LogP contribution in [0.2, 0.25) is 5.02 Å². The van der Waals surface area contributed by atoms with Crippen LogP contribution in [0.25, 0.3) is 6.08 Å². The van der Waals surface area contributed by atoms with Crippen LogP contribution in [0.15, 0.2) is 72.3 Å². The van der Waals surface area contributed by atoms with Crippen molar-refractivity contribution in [2.45, 2.75) is 6.92 Å². The first-order chi connectivity index (χ1) is 16.9. The molecule has 3 aromatic carbocycles. The van der Waals surface area contributed by atoms with Crippen LogP contribution in [-0.4, -0.2) is 25.0 Å². The Morgan fingerprint density at radius 1 is 1.00 bits per heavy atom. The van der Waals surface area contributed by atoms with Gasteiger partial charge in [-0.3, -0.25) is 9.59 Å². The molecule has 3 aromatic rings. The topological polar surface area (TPSA) is 100 Å². The monoisotopic (exact) mass is 493 g/mol. The highest BCUT2D eigenvalue weighted by Crippen LogP contribution is 2.29. The van der Waals surface area contributed by atoms with E-state index in [4.69, 9.17) is 21.1 Å². The molecule has 0 aliphatic carbocycles. The van der Waals surface area contributed by atoms with Gasteiger partial charge < -0.3 is 20.1 Å². The van der Waals surface area contributed by atoms with E-state index in [1.807, 2.05) is 6.07 Å². The van der Waals surface area contributed by atoms with Crippen LogP contribution >= 0.6 is 11.6 Å². The lowest BCUT2D eigenvalue weighted by Gasteiger charge is -2.13. The van der Waals surface area contributed by atoms with Gasteiger partial charge in [0, 0.05) is 16.4 Å². The lowest BCUT2D eigenvalue weighted by molar-refractivity contribution is -0.118. The first-order valence-electron chi connectivity index (χ1n) is 10.5. The largest absolute Gasteiger partial charge is 0.490 e. The summed E-state index contributed by atoms with van der Waals surface area (Å²) in [6, 6.07) is 18.6. The molecule has 0 saturated carbocycles. The lowest BCUT2D eigenvalue weighted by Crippen LogP contribution is -2.20. The van der Waals surface area contributed by atoms with Gasteiger partial charge in [-0.05, 0) is 73.2 Å². The third kappa shape index (κ3) is 7.59. The highest BCUT2D eigenvalue weighted by Gasteiger charge is 2.13. The number of rotatable bonds is 9.